The predicted molar refractivity (Wildman–Crippen MR) is 79.0 cm³/mol. The van der Waals surface area contributed by atoms with E-state index in [4.69, 9.17) is 20.9 Å². The van der Waals surface area contributed by atoms with Crippen LogP contribution in [-0.4, -0.2) is 34.3 Å². The van der Waals surface area contributed by atoms with Crippen molar-refractivity contribution in [2.75, 3.05) is 13.2 Å². The number of hydrogen-bond acceptors (Lipinski definition) is 5. The molecule has 1 aromatic heterocycles. The molecule has 0 spiro atoms. The van der Waals surface area contributed by atoms with Gasteiger partial charge in [0.1, 0.15) is 11.9 Å². The number of morpholine rings is 1. The molecule has 0 saturated carbocycles. The van der Waals surface area contributed by atoms with Crippen molar-refractivity contribution in [1.82, 2.24) is 15.0 Å². The fourth-order valence-corrected chi connectivity index (χ4v) is 2.88. The molecule has 0 bridgehead atoms. The minimum atomic E-state index is -0.313. The van der Waals surface area contributed by atoms with Gasteiger partial charge >= 0.3 is 0 Å². The summed E-state index contributed by atoms with van der Waals surface area (Å²) < 4.78 is 25.0. The Hall–Kier alpha value is -1.50. The average Bonchev–Trinajstić information content (AvgIpc) is 2.88. The van der Waals surface area contributed by atoms with E-state index in [1.54, 1.807) is 19.1 Å². The van der Waals surface area contributed by atoms with Gasteiger partial charge in [0.05, 0.1) is 12.7 Å². The van der Waals surface area contributed by atoms with Crippen molar-refractivity contribution in [3.8, 4) is 0 Å². The fourth-order valence-electron chi connectivity index (χ4n) is 2.72. The first-order valence-corrected chi connectivity index (χ1v) is 7.52. The summed E-state index contributed by atoms with van der Waals surface area (Å²) in [4.78, 5) is 6.39. The molecule has 5 nitrogen and oxygen atoms in total. The number of ether oxygens (including phenoxy) is 1. The molecular formula is C15H17ClFN3O2. The van der Waals surface area contributed by atoms with Crippen molar-refractivity contribution in [2.24, 2.45) is 0 Å². The van der Waals surface area contributed by atoms with Crippen molar-refractivity contribution >= 4 is 11.6 Å². The van der Waals surface area contributed by atoms with Gasteiger partial charge in [0.25, 0.3) is 0 Å². The Morgan fingerprint density at radius 2 is 2.27 bits per heavy atom. The number of aromatic nitrogens is 2. The van der Waals surface area contributed by atoms with E-state index in [9.17, 15) is 4.39 Å². The maximum atomic E-state index is 14.0. The molecule has 1 aromatic carbocycles. The molecule has 2 heterocycles. The van der Waals surface area contributed by atoms with Crippen LogP contribution < -0.4 is 0 Å². The van der Waals surface area contributed by atoms with Gasteiger partial charge in [-0.05, 0) is 26.0 Å². The largest absolute Gasteiger partial charge is 0.375 e. The molecule has 7 heteroatoms. The van der Waals surface area contributed by atoms with Crippen LogP contribution in [0.4, 0.5) is 4.39 Å². The van der Waals surface area contributed by atoms with Crippen LogP contribution in [0.5, 0.6) is 0 Å². The summed E-state index contributed by atoms with van der Waals surface area (Å²) in [6, 6.07) is 4.53. The first-order chi connectivity index (χ1) is 10.5. The first-order valence-electron chi connectivity index (χ1n) is 7.14. The Bertz CT molecular complexity index is 664. The van der Waals surface area contributed by atoms with E-state index in [0.717, 1.165) is 0 Å². The van der Waals surface area contributed by atoms with E-state index in [1.807, 2.05) is 6.92 Å². The Morgan fingerprint density at radius 1 is 1.45 bits per heavy atom. The molecule has 2 aromatic rings. The number of aryl methyl sites for hydroxylation is 1. The van der Waals surface area contributed by atoms with Crippen LogP contribution in [0.25, 0.3) is 0 Å². The van der Waals surface area contributed by atoms with Gasteiger partial charge in [0.2, 0.25) is 5.89 Å². The second-order valence-electron chi connectivity index (χ2n) is 5.41. The highest BCUT2D eigenvalue weighted by Gasteiger charge is 2.35. The highest BCUT2D eigenvalue weighted by molar-refractivity contribution is 6.30. The third-order valence-corrected chi connectivity index (χ3v) is 4.02. The second kappa shape index (κ2) is 6.32. The van der Waals surface area contributed by atoms with Gasteiger partial charge in [0, 0.05) is 23.7 Å². The maximum absolute atomic E-state index is 14.0. The van der Waals surface area contributed by atoms with Gasteiger partial charge in [-0.25, -0.2) is 4.39 Å². The molecule has 1 aliphatic rings. The molecule has 0 aliphatic carbocycles. The lowest BCUT2D eigenvalue weighted by atomic mass is 10.1. The highest BCUT2D eigenvalue weighted by atomic mass is 35.5. The molecule has 0 amide bonds. The zero-order chi connectivity index (χ0) is 15.7. The van der Waals surface area contributed by atoms with Crippen molar-refractivity contribution in [3.63, 3.8) is 0 Å². The molecule has 0 N–H and O–H groups in total. The van der Waals surface area contributed by atoms with Gasteiger partial charge in [-0.1, -0.05) is 22.8 Å². The van der Waals surface area contributed by atoms with Crippen molar-refractivity contribution in [1.29, 1.82) is 0 Å². The molecule has 1 fully saturated rings. The van der Waals surface area contributed by atoms with Crippen molar-refractivity contribution in [3.05, 3.63) is 46.3 Å². The minimum Gasteiger partial charge on any atom is -0.375 e. The smallest absolute Gasteiger partial charge is 0.246 e. The van der Waals surface area contributed by atoms with Crippen LogP contribution in [0.2, 0.25) is 5.02 Å². The van der Waals surface area contributed by atoms with Gasteiger partial charge in [-0.15, -0.1) is 0 Å². The number of hydrogen-bond donors (Lipinski definition) is 0. The summed E-state index contributed by atoms with van der Waals surface area (Å²) in [6.07, 6.45) is -0.107. The summed E-state index contributed by atoms with van der Waals surface area (Å²) >= 11 is 5.80. The van der Waals surface area contributed by atoms with Crippen molar-refractivity contribution < 1.29 is 13.7 Å². The predicted octanol–water partition coefficient (Wildman–Crippen LogP) is 3.13. The lowest BCUT2D eigenvalue weighted by molar-refractivity contribution is -0.0766. The van der Waals surface area contributed by atoms with Gasteiger partial charge in [0.15, 0.2) is 5.82 Å². The van der Waals surface area contributed by atoms with Gasteiger partial charge < -0.3 is 9.26 Å². The van der Waals surface area contributed by atoms with E-state index in [-0.39, 0.29) is 18.0 Å². The molecule has 1 aliphatic heterocycles. The van der Waals surface area contributed by atoms with Crippen LogP contribution in [0.1, 0.15) is 30.2 Å². The number of halogens is 2. The second-order valence-corrected chi connectivity index (χ2v) is 5.84. The zero-order valence-electron chi connectivity index (χ0n) is 12.4. The van der Waals surface area contributed by atoms with Crippen LogP contribution in [0, 0.1) is 12.7 Å². The molecular weight excluding hydrogens is 309 g/mol. The van der Waals surface area contributed by atoms with Gasteiger partial charge in [-0.3, -0.25) is 4.90 Å². The Labute approximate surface area is 133 Å². The third kappa shape index (κ3) is 3.14. The molecule has 118 valence electrons. The normalized spacial score (nSPS) is 22.9. The summed E-state index contributed by atoms with van der Waals surface area (Å²) in [5, 5.41) is 4.23. The lowest BCUT2D eigenvalue weighted by Gasteiger charge is -2.37. The Kier molecular flexibility index (Phi) is 4.42. The van der Waals surface area contributed by atoms with E-state index in [2.05, 4.69) is 15.0 Å². The lowest BCUT2D eigenvalue weighted by Crippen LogP contribution is -2.44. The van der Waals surface area contributed by atoms with E-state index in [1.165, 1.54) is 6.07 Å². The number of nitrogens with zero attached hydrogens (tertiary/aromatic N) is 3. The molecule has 2 atom stereocenters. The third-order valence-electron chi connectivity index (χ3n) is 3.78. The van der Waals surface area contributed by atoms with Crippen LogP contribution >= 0.6 is 11.6 Å². The fraction of sp³-hybridized carbons (Fsp3) is 0.467. The SMILES string of the molecule is Cc1noc([C@@H]2[C@@H](C)OCCN2Cc2ccc(Cl)cc2F)n1. The van der Waals surface area contributed by atoms with Crippen LogP contribution in [0.3, 0.4) is 0 Å². The summed E-state index contributed by atoms with van der Waals surface area (Å²) in [5.74, 6) is 0.761. The van der Waals surface area contributed by atoms with Crippen molar-refractivity contribution in [2.45, 2.75) is 32.5 Å². The monoisotopic (exact) mass is 325 g/mol. The topological polar surface area (TPSA) is 51.4 Å². The number of benzene rings is 1. The van der Waals surface area contributed by atoms with E-state index < -0.39 is 0 Å². The summed E-state index contributed by atoms with van der Waals surface area (Å²) in [5.41, 5.74) is 0.583. The molecule has 0 unspecified atom stereocenters. The van der Waals surface area contributed by atoms with Crippen LogP contribution in [-0.2, 0) is 11.3 Å². The molecule has 1 saturated heterocycles. The van der Waals surface area contributed by atoms with Crippen LogP contribution in [0.15, 0.2) is 22.7 Å². The first kappa shape index (κ1) is 15.4. The average molecular weight is 326 g/mol. The summed E-state index contributed by atoms with van der Waals surface area (Å²) in [6.45, 7) is 5.40. The number of rotatable bonds is 3. The van der Waals surface area contributed by atoms with E-state index in [0.29, 0.717) is 42.0 Å². The Morgan fingerprint density at radius 3 is 2.95 bits per heavy atom. The molecule has 22 heavy (non-hydrogen) atoms. The van der Waals surface area contributed by atoms with Gasteiger partial charge in [-0.2, -0.15) is 4.98 Å². The maximum Gasteiger partial charge on any atom is 0.246 e. The Balaban J connectivity index is 1.86. The quantitative estimate of drug-likeness (QED) is 0.867. The zero-order valence-corrected chi connectivity index (χ0v) is 13.2. The highest BCUT2D eigenvalue weighted by Crippen LogP contribution is 2.30. The summed E-state index contributed by atoms with van der Waals surface area (Å²) in [7, 11) is 0. The minimum absolute atomic E-state index is 0.107. The standard InChI is InChI=1S/C15H17ClFN3O2/c1-9-14(15-18-10(2)19-22-15)20(5-6-21-9)8-11-3-4-12(16)7-13(11)17/h3-4,7,9,14H,5-6,8H2,1-2H3/t9-,14+/m1/s1. The molecule has 0 radical (unpaired) electrons. The van der Waals surface area contributed by atoms with E-state index >= 15 is 0 Å². The molecule has 3 rings (SSSR count).